The van der Waals surface area contributed by atoms with E-state index < -0.39 is 9.84 Å². The van der Waals surface area contributed by atoms with E-state index in [-0.39, 0.29) is 29.1 Å². The van der Waals surface area contributed by atoms with Crippen molar-refractivity contribution in [3.63, 3.8) is 0 Å². The van der Waals surface area contributed by atoms with E-state index in [0.29, 0.717) is 17.1 Å². The van der Waals surface area contributed by atoms with Crippen LogP contribution >= 0.6 is 11.6 Å². The van der Waals surface area contributed by atoms with Crippen LogP contribution in [0.1, 0.15) is 28.0 Å². The number of benzene rings is 1. The van der Waals surface area contributed by atoms with Crippen LogP contribution in [0.5, 0.6) is 0 Å². The number of anilines is 2. The molecule has 1 fully saturated rings. The van der Waals surface area contributed by atoms with Crippen LogP contribution in [0.3, 0.4) is 0 Å². The lowest BCUT2D eigenvalue weighted by Gasteiger charge is -2.13. The summed E-state index contributed by atoms with van der Waals surface area (Å²) >= 11 is 6.29. The normalized spacial score (nSPS) is 18.5. The highest BCUT2D eigenvalue weighted by atomic mass is 35.5. The molecule has 2 aromatic rings. The van der Waals surface area contributed by atoms with Gasteiger partial charge in [-0.25, -0.2) is 13.4 Å². The lowest BCUT2D eigenvalue weighted by atomic mass is 10.1. The monoisotopic (exact) mass is 393 g/mol. The van der Waals surface area contributed by atoms with E-state index in [1.807, 2.05) is 26.0 Å². The van der Waals surface area contributed by atoms with E-state index in [0.717, 1.165) is 16.8 Å². The molecule has 1 aliphatic rings. The molecule has 0 aliphatic carbocycles. The number of nitrogens with one attached hydrogen (secondary N) is 2. The molecule has 3 rings (SSSR count). The molecular formula is C18H20ClN3O3S. The lowest BCUT2D eigenvalue weighted by Crippen LogP contribution is -2.36. The number of amides is 1. The Morgan fingerprint density at radius 1 is 1.27 bits per heavy atom. The highest BCUT2D eigenvalue weighted by molar-refractivity contribution is 7.91. The quantitative estimate of drug-likeness (QED) is 0.833. The van der Waals surface area contributed by atoms with E-state index in [1.165, 1.54) is 0 Å². The summed E-state index contributed by atoms with van der Waals surface area (Å²) in [5.41, 5.74) is 3.84. The minimum absolute atomic E-state index is 0.0103. The molecule has 1 aliphatic heterocycles. The summed E-state index contributed by atoms with van der Waals surface area (Å²) in [6.45, 7) is 3.94. The number of carbonyl (C=O) groups excluding carboxylic acids is 1. The Kier molecular flexibility index (Phi) is 5.20. The summed E-state index contributed by atoms with van der Waals surface area (Å²) in [6, 6.07) is 6.89. The van der Waals surface area contributed by atoms with Crippen LogP contribution in [0.25, 0.3) is 0 Å². The zero-order valence-electron chi connectivity index (χ0n) is 14.5. The highest BCUT2D eigenvalue weighted by Crippen LogP contribution is 2.30. The molecule has 0 spiro atoms. The van der Waals surface area contributed by atoms with Gasteiger partial charge in [-0.05, 0) is 49.6 Å². The Balaban J connectivity index is 1.68. The first-order chi connectivity index (χ1) is 12.2. The number of aromatic nitrogens is 1. The van der Waals surface area contributed by atoms with Crippen LogP contribution in [0, 0.1) is 13.8 Å². The van der Waals surface area contributed by atoms with Crippen LogP contribution in [0.2, 0.25) is 5.02 Å². The third-order valence-electron chi connectivity index (χ3n) is 4.26. The minimum Gasteiger partial charge on any atom is -0.353 e. The van der Waals surface area contributed by atoms with Gasteiger partial charge < -0.3 is 10.6 Å². The predicted molar refractivity (Wildman–Crippen MR) is 103 cm³/mol. The van der Waals surface area contributed by atoms with Gasteiger partial charge in [-0.1, -0.05) is 17.7 Å². The van der Waals surface area contributed by atoms with Crippen molar-refractivity contribution in [3.8, 4) is 0 Å². The van der Waals surface area contributed by atoms with Crippen molar-refractivity contribution in [1.82, 2.24) is 10.3 Å². The Labute approximate surface area is 157 Å². The van der Waals surface area contributed by atoms with Gasteiger partial charge in [-0.15, -0.1) is 0 Å². The van der Waals surface area contributed by atoms with Gasteiger partial charge in [0.05, 0.1) is 34.1 Å². The van der Waals surface area contributed by atoms with Crippen LogP contribution in [-0.4, -0.2) is 36.9 Å². The summed E-state index contributed by atoms with van der Waals surface area (Å²) < 4.78 is 22.9. The molecule has 0 saturated carbocycles. The van der Waals surface area contributed by atoms with E-state index in [1.54, 1.807) is 18.3 Å². The Bertz CT molecular complexity index is 920. The average Bonchev–Trinajstić information content (AvgIpc) is 2.90. The molecule has 2 N–H and O–H groups in total. The van der Waals surface area contributed by atoms with Gasteiger partial charge in [0.2, 0.25) is 0 Å². The van der Waals surface area contributed by atoms with E-state index in [9.17, 15) is 13.2 Å². The summed E-state index contributed by atoms with van der Waals surface area (Å²) in [5.74, 6) is -0.266. The van der Waals surface area contributed by atoms with Gasteiger partial charge in [0.1, 0.15) is 5.69 Å². The van der Waals surface area contributed by atoms with Crippen molar-refractivity contribution in [1.29, 1.82) is 0 Å². The molecular weight excluding hydrogens is 374 g/mol. The SMILES string of the molecule is Cc1cc(C)c(Nc2ccc(C(=O)NC3CCS(=O)(=O)C3)nc2)c(Cl)c1. The number of pyridine rings is 1. The second-order valence-electron chi connectivity index (χ2n) is 6.57. The molecule has 26 heavy (non-hydrogen) atoms. The Hall–Kier alpha value is -2.12. The van der Waals surface area contributed by atoms with Crippen LogP contribution in [0.4, 0.5) is 11.4 Å². The van der Waals surface area contributed by atoms with Gasteiger partial charge in [0, 0.05) is 6.04 Å². The molecule has 8 heteroatoms. The van der Waals surface area contributed by atoms with Crippen LogP contribution in [-0.2, 0) is 9.84 Å². The maximum absolute atomic E-state index is 12.2. The maximum Gasteiger partial charge on any atom is 0.270 e. The smallest absolute Gasteiger partial charge is 0.270 e. The third kappa shape index (κ3) is 4.34. The highest BCUT2D eigenvalue weighted by Gasteiger charge is 2.29. The third-order valence-corrected chi connectivity index (χ3v) is 6.33. The number of sulfone groups is 1. The molecule has 0 radical (unpaired) electrons. The average molecular weight is 394 g/mol. The Morgan fingerprint density at radius 3 is 2.62 bits per heavy atom. The van der Waals surface area contributed by atoms with E-state index in [2.05, 4.69) is 15.6 Å². The van der Waals surface area contributed by atoms with Crippen molar-refractivity contribution < 1.29 is 13.2 Å². The van der Waals surface area contributed by atoms with Crippen molar-refractivity contribution >= 4 is 38.7 Å². The number of nitrogens with zero attached hydrogens (tertiary/aromatic N) is 1. The van der Waals surface area contributed by atoms with Gasteiger partial charge in [0.15, 0.2) is 9.84 Å². The predicted octanol–water partition coefficient (Wildman–Crippen LogP) is 3.01. The first kappa shape index (κ1) is 18.7. The number of halogens is 1. The number of carbonyl (C=O) groups is 1. The first-order valence-corrected chi connectivity index (χ1v) is 10.4. The van der Waals surface area contributed by atoms with Crippen molar-refractivity contribution in [2.24, 2.45) is 0 Å². The maximum atomic E-state index is 12.2. The van der Waals surface area contributed by atoms with Crippen LogP contribution in [0.15, 0.2) is 30.5 Å². The summed E-state index contributed by atoms with van der Waals surface area (Å²) in [5, 5.41) is 6.55. The zero-order valence-corrected chi connectivity index (χ0v) is 16.1. The standard InChI is InChI=1S/C18H20ClN3O3S/c1-11-7-12(2)17(15(19)8-11)21-13-3-4-16(20-9-13)18(23)22-14-5-6-26(24,25)10-14/h3-4,7-9,14,21H,5-6,10H2,1-2H3,(H,22,23). The van der Waals surface area contributed by atoms with Crippen LogP contribution < -0.4 is 10.6 Å². The molecule has 1 unspecified atom stereocenters. The molecule has 1 aromatic carbocycles. The zero-order chi connectivity index (χ0) is 18.9. The fraction of sp³-hybridized carbons (Fsp3) is 0.333. The molecule has 1 amide bonds. The lowest BCUT2D eigenvalue weighted by molar-refractivity contribution is 0.0936. The fourth-order valence-electron chi connectivity index (χ4n) is 2.99. The molecule has 1 aromatic heterocycles. The summed E-state index contributed by atoms with van der Waals surface area (Å²) in [4.78, 5) is 16.4. The van der Waals surface area contributed by atoms with Crippen molar-refractivity contribution in [3.05, 3.63) is 52.3 Å². The summed E-state index contributed by atoms with van der Waals surface area (Å²) in [6.07, 6.45) is 1.99. The molecule has 0 bridgehead atoms. The molecule has 138 valence electrons. The minimum atomic E-state index is -3.03. The molecule has 1 saturated heterocycles. The number of hydrogen-bond donors (Lipinski definition) is 2. The van der Waals surface area contributed by atoms with Gasteiger partial charge >= 0.3 is 0 Å². The second-order valence-corrected chi connectivity index (χ2v) is 9.21. The molecule has 6 nitrogen and oxygen atoms in total. The van der Waals surface area contributed by atoms with Gasteiger partial charge in [0.25, 0.3) is 5.91 Å². The topological polar surface area (TPSA) is 88.2 Å². The number of hydrogen-bond acceptors (Lipinski definition) is 5. The largest absolute Gasteiger partial charge is 0.353 e. The summed E-state index contributed by atoms with van der Waals surface area (Å²) in [7, 11) is -3.03. The number of aryl methyl sites for hydroxylation is 2. The Morgan fingerprint density at radius 2 is 2.04 bits per heavy atom. The molecule has 2 heterocycles. The number of rotatable bonds is 4. The van der Waals surface area contributed by atoms with Crippen molar-refractivity contribution in [2.75, 3.05) is 16.8 Å². The second kappa shape index (κ2) is 7.25. The van der Waals surface area contributed by atoms with Gasteiger partial charge in [-0.2, -0.15) is 0 Å². The van der Waals surface area contributed by atoms with E-state index in [4.69, 9.17) is 11.6 Å². The van der Waals surface area contributed by atoms with Gasteiger partial charge in [-0.3, -0.25) is 4.79 Å². The van der Waals surface area contributed by atoms with Crippen molar-refractivity contribution in [2.45, 2.75) is 26.3 Å². The van der Waals surface area contributed by atoms with E-state index >= 15 is 0 Å². The fourth-order valence-corrected chi connectivity index (χ4v) is 5.03. The first-order valence-electron chi connectivity index (χ1n) is 8.24. The molecule has 1 atom stereocenters.